The van der Waals surface area contributed by atoms with Crippen LogP contribution in [0.5, 0.6) is 0 Å². The highest BCUT2D eigenvalue weighted by molar-refractivity contribution is 5.68. The second-order valence-corrected chi connectivity index (χ2v) is 10.9. The normalized spacial score (nSPS) is 21.3. The summed E-state index contributed by atoms with van der Waals surface area (Å²) in [5.74, 6) is -0.847. The highest BCUT2D eigenvalue weighted by Crippen LogP contribution is 2.35. The minimum absolute atomic E-state index is 0.106. The highest BCUT2D eigenvalue weighted by Gasteiger charge is 2.36. The quantitative estimate of drug-likeness (QED) is 0.244. The van der Waals surface area contributed by atoms with E-state index in [0.717, 1.165) is 5.56 Å². The summed E-state index contributed by atoms with van der Waals surface area (Å²) in [5, 5.41) is 9.16. The van der Waals surface area contributed by atoms with E-state index in [1.165, 1.54) is 46.2 Å². The molecule has 0 aliphatic carbocycles. The number of hydrogen-bond donors (Lipinski definition) is 1. The van der Waals surface area contributed by atoms with Gasteiger partial charge >= 0.3 is 25.4 Å². The van der Waals surface area contributed by atoms with Gasteiger partial charge in [-0.1, -0.05) is 54.6 Å². The average molecular weight is 669 g/mol. The molecular formula is C33H34F6N2O6. The van der Waals surface area contributed by atoms with Gasteiger partial charge in [0.15, 0.2) is 0 Å². The van der Waals surface area contributed by atoms with Gasteiger partial charge in [0.05, 0.1) is 24.3 Å². The van der Waals surface area contributed by atoms with Crippen LogP contribution in [0.15, 0.2) is 78.9 Å². The van der Waals surface area contributed by atoms with Crippen molar-refractivity contribution in [1.82, 2.24) is 9.80 Å². The molecule has 47 heavy (non-hydrogen) atoms. The lowest BCUT2D eigenvalue weighted by molar-refractivity contribution is -0.176. The summed E-state index contributed by atoms with van der Waals surface area (Å²) < 4.78 is 90.3. The molecule has 4 atom stereocenters. The van der Waals surface area contributed by atoms with Crippen molar-refractivity contribution in [2.45, 2.75) is 69.8 Å². The van der Waals surface area contributed by atoms with Crippen LogP contribution in [0.3, 0.4) is 0 Å². The number of carboxylic acid groups (broad SMARTS) is 1. The first-order chi connectivity index (χ1) is 22.5. The summed E-state index contributed by atoms with van der Waals surface area (Å²) in [7, 11) is 0. The summed E-state index contributed by atoms with van der Waals surface area (Å²) in [6.45, 7) is -5.32. The standard InChI is InChI=1S/C20H20F3NO3.C13H14F3NO3/c21-16-8-6-15(7-9-16)18-12-17(27-19(22)23)10-11-24(18)20(25)26-13-14-4-2-1-3-5-14;14-9-3-1-8(2-4-9)11-7-10(20-12(15)16)5-6-17(11)13(18)19/h1-9,17-19H,10-13H2;1-4,10-12H,5-7H2,(H,18,19)/t17-,18+;/m1./s1. The largest absolute Gasteiger partial charge is 0.465 e. The van der Waals surface area contributed by atoms with Crippen LogP contribution in [-0.2, 0) is 20.8 Å². The molecule has 2 unspecified atom stereocenters. The van der Waals surface area contributed by atoms with Gasteiger partial charge in [0.1, 0.15) is 18.2 Å². The molecule has 2 aliphatic rings. The van der Waals surface area contributed by atoms with Gasteiger partial charge in [-0.3, -0.25) is 0 Å². The van der Waals surface area contributed by atoms with Crippen molar-refractivity contribution in [3.63, 3.8) is 0 Å². The summed E-state index contributed by atoms with van der Waals surface area (Å²) in [6, 6.07) is 19.1. The third-order valence-corrected chi connectivity index (χ3v) is 7.89. The van der Waals surface area contributed by atoms with Crippen molar-refractivity contribution in [3.05, 3.63) is 107 Å². The van der Waals surface area contributed by atoms with E-state index < -0.39 is 61.3 Å². The van der Waals surface area contributed by atoms with Crippen LogP contribution in [0.2, 0.25) is 0 Å². The fourth-order valence-corrected chi connectivity index (χ4v) is 5.66. The van der Waals surface area contributed by atoms with Crippen LogP contribution in [0.1, 0.15) is 54.5 Å². The van der Waals surface area contributed by atoms with Crippen molar-refractivity contribution < 1.29 is 55.2 Å². The molecule has 2 saturated heterocycles. The summed E-state index contributed by atoms with van der Waals surface area (Å²) in [4.78, 5) is 26.4. The zero-order chi connectivity index (χ0) is 33.9. The Balaban J connectivity index is 0.000000223. The van der Waals surface area contributed by atoms with Crippen molar-refractivity contribution in [2.24, 2.45) is 0 Å². The van der Waals surface area contributed by atoms with Crippen molar-refractivity contribution in [3.8, 4) is 0 Å². The lowest BCUT2D eigenvalue weighted by Crippen LogP contribution is -2.43. The predicted octanol–water partition coefficient (Wildman–Crippen LogP) is 8.16. The van der Waals surface area contributed by atoms with Crippen LogP contribution in [0.25, 0.3) is 0 Å². The molecule has 2 fully saturated rings. The number of halogens is 6. The van der Waals surface area contributed by atoms with E-state index in [4.69, 9.17) is 9.84 Å². The molecule has 2 amide bonds. The SMILES string of the molecule is O=C(O)N1CCC(OC(F)F)CC1c1ccc(F)cc1.O=C(OCc1ccccc1)N1CC[C@@H](OC(F)F)C[C@H]1c1ccc(F)cc1. The van der Waals surface area contributed by atoms with E-state index in [0.29, 0.717) is 11.1 Å². The summed E-state index contributed by atoms with van der Waals surface area (Å²) in [6.07, 6.45) is -2.24. The van der Waals surface area contributed by atoms with Crippen molar-refractivity contribution in [1.29, 1.82) is 0 Å². The first-order valence-electron chi connectivity index (χ1n) is 14.8. The number of nitrogens with zero attached hydrogens (tertiary/aromatic N) is 2. The molecule has 0 spiro atoms. The van der Waals surface area contributed by atoms with E-state index in [-0.39, 0.29) is 45.4 Å². The number of likely N-dealkylation sites (tertiary alicyclic amines) is 2. The zero-order valence-electron chi connectivity index (χ0n) is 25.1. The number of rotatable bonds is 8. The Labute approximate surface area is 267 Å². The van der Waals surface area contributed by atoms with E-state index in [2.05, 4.69) is 9.47 Å². The molecule has 0 radical (unpaired) electrons. The minimum atomic E-state index is -2.88. The fraction of sp³-hybridized carbons (Fsp3) is 0.394. The average Bonchev–Trinajstić information content (AvgIpc) is 3.04. The molecule has 8 nitrogen and oxygen atoms in total. The van der Waals surface area contributed by atoms with Crippen molar-refractivity contribution >= 4 is 12.2 Å². The maximum atomic E-state index is 13.2. The van der Waals surface area contributed by atoms with Crippen LogP contribution in [0, 0.1) is 11.6 Å². The lowest BCUT2D eigenvalue weighted by Gasteiger charge is -2.38. The summed E-state index contributed by atoms with van der Waals surface area (Å²) >= 11 is 0. The Morgan fingerprint density at radius 1 is 0.702 bits per heavy atom. The molecule has 14 heteroatoms. The first-order valence-corrected chi connectivity index (χ1v) is 14.8. The van der Waals surface area contributed by atoms with Crippen LogP contribution in [-0.4, -0.2) is 65.6 Å². The van der Waals surface area contributed by atoms with Crippen molar-refractivity contribution in [2.75, 3.05) is 13.1 Å². The number of benzene rings is 3. The zero-order valence-corrected chi connectivity index (χ0v) is 25.1. The molecule has 1 N–H and O–H groups in total. The number of amides is 2. The topological polar surface area (TPSA) is 88.5 Å². The molecular weight excluding hydrogens is 634 g/mol. The number of hydrogen-bond acceptors (Lipinski definition) is 5. The monoisotopic (exact) mass is 668 g/mol. The Kier molecular flexibility index (Phi) is 12.9. The number of carbonyl (C=O) groups excluding carboxylic acids is 1. The molecule has 3 aromatic rings. The molecule has 254 valence electrons. The van der Waals surface area contributed by atoms with Gasteiger partial charge in [-0.05, 0) is 66.6 Å². The molecule has 0 bridgehead atoms. The van der Waals surface area contributed by atoms with Gasteiger partial charge < -0.3 is 29.1 Å². The van der Waals surface area contributed by atoms with Crippen LogP contribution in [0.4, 0.5) is 35.9 Å². The second kappa shape index (κ2) is 17.0. The van der Waals surface area contributed by atoms with Gasteiger partial charge in [-0.2, -0.15) is 17.6 Å². The molecule has 2 aliphatic heterocycles. The van der Waals surface area contributed by atoms with E-state index in [1.807, 2.05) is 30.3 Å². The molecule has 3 aromatic carbocycles. The van der Waals surface area contributed by atoms with Gasteiger partial charge in [0.2, 0.25) is 0 Å². The Morgan fingerprint density at radius 3 is 1.60 bits per heavy atom. The number of alkyl halides is 4. The maximum Gasteiger partial charge on any atom is 0.410 e. The van der Waals surface area contributed by atoms with Crippen LogP contribution >= 0.6 is 0 Å². The maximum absolute atomic E-state index is 13.2. The summed E-state index contributed by atoms with van der Waals surface area (Å²) in [5.41, 5.74) is 2.06. The third-order valence-electron chi connectivity index (χ3n) is 7.89. The van der Waals surface area contributed by atoms with E-state index >= 15 is 0 Å². The highest BCUT2D eigenvalue weighted by atomic mass is 19.3. The van der Waals surface area contributed by atoms with Gasteiger partial charge in [-0.25, -0.2) is 18.4 Å². The van der Waals surface area contributed by atoms with Crippen LogP contribution < -0.4 is 0 Å². The number of piperidine rings is 2. The molecule has 5 rings (SSSR count). The Bertz CT molecular complexity index is 1420. The molecule has 0 aromatic heterocycles. The van der Waals surface area contributed by atoms with Gasteiger partial charge in [0.25, 0.3) is 0 Å². The molecule has 2 heterocycles. The Morgan fingerprint density at radius 2 is 1.15 bits per heavy atom. The Hall–Kier alpha value is -4.30. The number of carbonyl (C=O) groups is 2. The fourth-order valence-electron chi connectivity index (χ4n) is 5.66. The molecule has 0 saturated carbocycles. The van der Waals surface area contributed by atoms with Gasteiger partial charge in [-0.15, -0.1) is 0 Å². The first kappa shape index (κ1) is 35.6. The third kappa shape index (κ3) is 10.6. The second-order valence-electron chi connectivity index (χ2n) is 10.9. The van der Waals surface area contributed by atoms with E-state index in [1.54, 1.807) is 12.1 Å². The minimum Gasteiger partial charge on any atom is -0.465 e. The van der Waals surface area contributed by atoms with Gasteiger partial charge in [0, 0.05) is 13.1 Å². The smallest absolute Gasteiger partial charge is 0.410 e. The predicted molar refractivity (Wildman–Crippen MR) is 157 cm³/mol. The lowest BCUT2D eigenvalue weighted by atomic mass is 9.93. The van der Waals surface area contributed by atoms with E-state index in [9.17, 15) is 35.9 Å². The number of ether oxygens (including phenoxy) is 3.